The van der Waals surface area contributed by atoms with Crippen LogP contribution in [0.1, 0.15) is 12.5 Å². The Bertz CT molecular complexity index is 326. The minimum atomic E-state index is -0.572. The van der Waals surface area contributed by atoms with Gasteiger partial charge in [-0.05, 0) is 13.0 Å². The molecule has 0 aliphatic rings. The number of hydrogen-bond acceptors (Lipinski definition) is 3. The summed E-state index contributed by atoms with van der Waals surface area (Å²) in [5.74, 6) is -0.388. The monoisotopic (exact) mass is 257 g/mol. The lowest BCUT2D eigenvalue weighted by Gasteiger charge is -2.08. The third-order valence-corrected chi connectivity index (χ3v) is 2.47. The van der Waals surface area contributed by atoms with E-state index in [1.165, 1.54) is 0 Å². The summed E-state index contributed by atoms with van der Waals surface area (Å²) >= 11 is 3.36. The van der Waals surface area contributed by atoms with Gasteiger partial charge < -0.3 is 10.5 Å². The van der Waals surface area contributed by atoms with Crippen molar-refractivity contribution in [3.05, 3.63) is 34.3 Å². The maximum Gasteiger partial charge on any atom is 0.322 e. The molecule has 0 unspecified atom stereocenters. The Balaban J connectivity index is 2.54. The number of rotatable bonds is 3. The maximum absolute atomic E-state index is 11.1. The van der Waals surface area contributed by atoms with Gasteiger partial charge in [0.25, 0.3) is 0 Å². The number of benzene rings is 1. The van der Waals surface area contributed by atoms with Crippen molar-refractivity contribution in [3.63, 3.8) is 0 Å². The zero-order chi connectivity index (χ0) is 10.6. The van der Waals surface area contributed by atoms with Crippen LogP contribution in [-0.2, 0) is 16.1 Å². The molecule has 0 amide bonds. The molecule has 1 aromatic carbocycles. The first-order valence-electron chi connectivity index (χ1n) is 4.27. The highest BCUT2D eigenvalue weighted by atomic mass is 79.9. The second-order valence-corrected chi connectivity index (χ2v) is 3.84. The summed E-state index contributed by atoms with van der Waals surface area (Å²) in [7, 11) is 0. The lowest BCUT2D eigenvalue weighted by Crippen LogP contribution is -2.28. The number of carbonyl (C=O) groups excluding carboxylic acids is 1. The van der Waals surface area contributed by atoms with Crippen LogP contribution in [0.4, 0.5) is 0 Å². The first kappa shape index (κ1) is 11.2. The molecule has 1 rings (SSSR count). The van der Waals surface area contributed by atoms with Crippen molar-refractivity contribution in [2.45, 2.75) is 19.6 Å². The molecule has 0 spiro atoms. The van der Waals surface area contributed by atoms with Crippen molar-refractivity contribution in [1.82, 2.24) is 0 Å². The van der Waals surface area contributed by atoms with Crippen LogP contribution in [0, 0.1) is 0 Å². The van der Waals surface area contributed by atoms with Gasteiger partial charge in [0.2, 0.25) is 0 Å². The Morgan fingerprint density at radius 3 is 2.79 bits per heavy atom. The van der Waals surface area contributed by atoms with Gasteiger partial charge in [0.1, 0.15) is 12.6 Å². The normalized spacial score (nSPS) is 12.2. The molecular formula is C10H12BrNO2. The van der Waals surface area contributed by atoms with Gasteiger partial charge in [0, 0.05) is 10.0 Å². The minimum Gasteiger partial charge on any atom is -0.460 e. The summed E-state index contributed by atoms with van der Waals surface area (Å²) in [6, 6.07) is 7.01. The van der Waals surface area contributed by atoms with Crippen molar-refractivity contribution >= 4 is 21.9 Å². The fraction of sp³-hybridized carbons (Fsp3) is 0.300. The molecule has 0 fully saturated rings. The number of hydrogen-bond donors (Lipinski definition) is 1. The fourth-order valence-electron chi connectivity index (χ4n) is 0.896. The van der Waals surface area contributed by atoms with Crippen LogP contribution in [0.5, 0.6) is 0 Å². The summed E-state index contributed by atoms with van der Waals surface area (Å²) in [6.45, 7) is 1.85. The molecule has 14 heavy (non-hydrogen) atoms. The molecule has 3 nitrogen and oxygen atoms in total. The van der Waals surface area contributed by atoms with E-state index in [4.69, 9.17) is 10.5 Å². The van der Waals surface area contributed by atoms with E-state index in [1.54, 1.807) is 6.92 Å². The Kier molecular flexibility index (Phi) is 4.10. The average Bonchev–Trinajstić information content (AvgIpc) is 2.16. The molecule has 0 saturated heterocycles. The number of esters is 1. The molecule has 0 heterocycles. The van der Waals surface area contributed by atoms with Crippen molar-refractivity contribution in [1.29, 1.82) is 0 Å². The zero-order valence-electron chi connectivity index (χ0n) is 7.87. The van der Waals surface area contributed by atoms with E-state index >= 15 is 0 Å². The molecular weight excluding hydrogens is 246 g/mol. The molecule has 0 saturated carbocycles. The predicted octanol–water partition coefficient (Wildman–Crippen LogP) is 1.84. The third-order valence-electron chi connectivity index (χ3n) is 1.70. The molecule has 1 aromatic rings. The molecule has 1 atom stereocenters. The Morgan fingerprint density at radius 1 is 1.57 bits per heavy atom. The zero-order valence-corrected chi connectivity index (χ0v) is 9.45. The van der Waals surface area contributed by atoms with Gasteiger partial charge in [-0.3, -0.25) is 4.79 Å². The summed E-state index contributed by atoms with van der Waals surface area (Å²) in [5, 5.41) is 0. The standard InChI is InChI=1S/C10H12BrNO2/c1-7(12)10(13)14-6-8-4-2-3-5-9(8)11/h2-5,7H,6,12H2,1H3/t7-/m0/s1. The summed E-state index contributed by atoms with van der Waals surface area (Å²) < 4.78 is 5.90. The molecule has 4 heteroatoms. The van der Waals surface area contributed by atoms with Gasteiger partial charge in [-0.15, -0.1) is 0 Å². The number of carbonyl (C=O) groups is 1. The van der Waals surface area contributed by atoms with Crippen LogP contribution in [0.2, 0.25) is 0 Å². The van der Waals surface area contributed by atoms with Gasteiger partial charge in [0.05, 0.1) is 0 Å². The molecule has 0 aliphatic carbocycles. The second-order valence-electron chi connectivity index (χ2n) is 2.99. The smallest absolute Gasteiger partial charge is 0.322 e. The Labute approximate surface area is 91.4 Å². The van der Waals surface area contributed by atoms with Gasteiger partial charge in [-0.25, -0.2) is 0 Å². The van der Waals surface area contributed by atoms with Crippen molar-refractivity contribution in [2.75, 3.05) is 0 Å². The van der Waals surface area contributed by atoms with Crippen molar-refractivity contribution in [3.8, 4) is 0 Å². The highest BCUT2D eigenvalue weighted by Gasteiger charge is 2.09. The van der Waals surface area contributed by atoms with Crippen LogP contribution in [0.25, 0.3) is 0 Å². The molecule has 2 N–H and O–H groups in total. The Hall–Kier alpha value is -0.870. The van der Waals surface area contributed by atoms with Crippen LogP contribution < -0.4 is 5.73 Å². The van der Waals surface area contributed by atoms with E-state index in [0.717, 1.165) is 10.0 Å². The van der Waals surface area contributed by atoms with Crippen LogP contribution in [-0.4, -0.2) is 12.0 Å². The van der Waals surface area contributed by atoms with Gasteiger partial charge in [-0.1, -0.05) is 34.1 Å². The number of ether oxygens (including phenoxy) is 1. The van der Waals surface area contributed by atoms with E-state index in [1.807, 2.05) is 24.3 Å². The molecule has 0 radical (unpaired) electrons. The van der Waals surface area contributed by atoms with Crippen LogP contribution in [0.15, 0.2) is 28.7 Å². The van der Waals surface area contributed by atoms with Gasteiger partial charge >= 0.3 is 5.97 Å². The van der Waals surface area contributed by atoms with Gasteiger partial charge in [-0.2, -0.15) is 0 Å². The maximum atomic E-state index is 11.1. The summed E-state index contributed by atoms with van der Waals surface area (Å²) in [6.07, 6.45) is 0. The number of halogens is 1. The van der Waals surface area contributed by atoms with Gasteiger partial charge in [0.15, 0.2) is 0 Å². The minimum absolute atomic E-state index is 0.252. The lowest BCUT2D eigenvalue weighted by molar-refractivity contribution is -0.146. The van der Waals surface area contributed by atoms with Crippen molar-refractivity contribution in [2.24, 2.45) is 5.73 Å². The van der Waals surface area contributed by atoms with Crippen LogP contribution in [0.3, 0.4) is 0 Å². The largest absolute Gasteiger partial charge is 0.460 e. The third kappa shape index (κ3) is 3.12. The highest BCUT2D eigenvalue weighted by Crippen LogP contribution is 2.16. The topological polar surface area (TPSA) is 52.3 Å². The molecule has 0 aromatic heterocycles. The predicted molar refractivity (Wildman–Crippen MR) is 57.6 cm³/mol. The SMILES string of the molecule is C[C@H](N)C(=O)OCc1ccccc1Br. The molecule has 76 valence electrons. The van der Waals surface area contributed by atoms with E-state index in [9.17, 15) is 4.79 Å². The second kappa shape index (κ2) is 5.12. The first-order chi connectivity index (χ1) is 6.61. The molecule has 0 aliphatic heterocycles. The fourth-order valence-corrected chi connectivity index (χ4v) is 1.30. The Morgan fingerprint density at radius 2 is 2.21 bits per heavy atom. The van der Waals surface area contributed by atoms with Crippen LogP contribution >= 0.6 is 15.9 Å². The van der Waals surface area contributed by atoms with E-state index in [2.05, 4.69) is 15.9 Å². The van der Waals surface area contributed by atoms with E-state index < -0.39 is 6.04 Å². The first-order valence-corrected chi connectivity index (χ1v) is 5.06. The quantitative estimate of drug-likeness (QED) is 0.841. The highest BCUT2D eigenvalue weighted by molar-refractivity contribution is 9.10. The lowest BCUT2D eigenvalue weighted by atomic mass is 10.2. The average molecular weight is 258 g/mol. The molecule has 0 bridgehead atoms. The number of nitrogens with two attached hydrogens (primary N) is 1. The van der Waals surface area contributed by atoms with E-state index in [0.29, 0.717) is 0 Å². The van der Waals surface area contributed by atoms with Crippen molar-refractivity contribution < 1.29 is 9.53 Å². The summed E-state index contributed by atoms with van der Waals surface area (Å²) in [4.78, 5) is 11.1. The summed E-state index contributed by atoms with van der Waals surface area (Å²) in [5.41, 5.74) is 6.28. The van der Waals surface area contributed by atoms with E-state index in [-0.39, 0.29) is 12.6 Å².